The van der Waals surface area contributed by atoms with Crippen LogP contribution in [0.5, 0.6) is 0 Å². The van der Waals surface area contributed by atoms with Crippen molar-refractivity contribution in [2.45, 2.75) is 51.7 Å². The van der Waals surface area contributed by atoms with Crippen LogP contribution in [0.2, 0.25) is 0 Å². The van der Waals surface area contributed by atoms with Crippen molar-refractivity contribution in [2.75, 3.05) is 11.4 Å². The highest BCUT2D eigenvalue weighted by molar-refractivity contribution is 7.09. The molecule has 2 aromatic heterocycles. The van der Waals surface area contributed by atoms with E-state index in [4.69, 9.17) is 4.42 Å². The maximum Gasteiger partial charge on any atom is 0.205 e. The Morgan fingerprint density at radius 2 is 2.36 bits per heavy atom. The average Bonchev–Trinajstić information content (AvgIpc) is 3.18. The van der Waals surface area contributed by atoms with Crippen LogP contribution in [-0.2, 0) is 6.42 Å². The Morgan fingerprint density at radius 1 is 1.50 bits per heavy atom. The van der Waals surface area contributed by atoms with Crippen LogP contribution in [0, 0.1) is 5.92 Å². The van der Waals surface area contributed by atoms with Crippen LogP contribution in [0.4, 0.5) is 5.13 Å². The molecule has 2 aromatic rings. The highest BCUT2D eigenvalue weighted by Crippen LogP contribution is 2.32. The van der Waals surface area contributed by atoms with Crippen LogP contribution in [0.3, 0.4) is 0 Å². The number of anilines is 1. The summed E-state index contributed by atoms with van der Waals surface area (Å²) in [7, 11) is 0. The molecule has 1 fully saturated rings. The van der Waals surface area contributed by atoms with E-state index < -0.39 is 6.10 Å². The van der Waals surface area contributed by atoms with Gasteiger partial charge in [-0.05, 0) is 30.9 Å². The van der Waals surface area contributed by atoms with Crippen molar-refractivity contribution in [1.82, 2.24) is 9.36 Å². The molecule has 22 heavy (non-hydrogen) atoms. The Kier molecular flexibility index (Phi) is 4.78. The number of aliphatic hydroxyl groups excluding tert-OH is 1. The van der Waals surface area contributed by atoms with Crippen LogP contribution >= 0.6 is 11.5 Å². The number of furan rings is 1. The van der Waals surface area contributed by atoms with Crippen molar-refractivity contribution in [3.8, 4) is 0 Å². The van der Waals surface area contributed by atoms with Gasteiger partial charge in [-0.1, -0.05) is 13.8 Å². The highest BCUT2D eigenvalue weighted by atomic mass is 32.1. The molecule has 0 spiro atoms. The second kappa shape index (κ2) is 6.79. The van der Waals surface area contributed by atoms with Crippen molar-refractivity contribution in [2.24, 2.45) is 5.92 Å². The van der Waals surface area contributed by atoms with E-state index in [1.807, 2.05) is 12.1 Å². The Morgan fingerprint density at radius 3 is 3.09 bits per heavy atom. The van der Waals surface area contributed by atoms with Gasteiger partial charge in [-0.3, -0.25) is 0 Å². The molecular formula is C16H23N3O2S. The van der Waals surface area contributed by atoms with Crippen molar-refractivity contribution in [3.05, 3.63) is 30.0 Å². The predicted molar refractivity (Wildman–Crippen MR) is 87.1 cm³/mol. The normalized spacial score (nSPS) is 20.0. The molecular weight excluding hydrogens is 298 g/mol. The standard InChI is InChI=1S/C16H23N3O2S/c1-11(2)9-15-17-16(22-18-15)19-7-3-5-12(19)10-13(20)14-6-4-8-21-14/h4,6,8,11-13,20H,3,5,7,9-10H2,1-2H3/t12-,13+/m1/s1. The van der Waals surface area contributed by atoms with Gasteiger partial charge < -0.3 is 14.4 Å². The summed E-state index contributed by atoms with van der Waals surface area (Å²) in [5, 5.41) is 11.3. The predicted octanol–water partition coefficient (Wildman–Crippen LogP) is 3.42. The highest BCUT2D eigenvalue weighted by Gasteiger charge is 2.30. The summed E-state index contributed by atoms with van der Waals surface area (Å²) in [4.78, 5) is 6.98. The van der Waals surface area contributed by atoms with Gasteiger partial charge in [-0.15, -0.1) is 0 Å². The van der Waals surface area contributed by atoms with Crippen LogP contribution < -0.4 is 4.90 Å². The van der Waals surface area contributed by atoms with Crippen molar-refractivity contribution >= 4 is 16.7 Å². The first-order valence-corrected chi connectivity index (χ1v) is 8.71. The van der Waals surface area contributed by atoms with E-state index in [1.54, 1.807) is 6.26 Å². The van der Waals surface area contributed by atoms with E-state index >= 15 is 0 Å². The average molecular weight is 321 g/mol. The van der Waals surface area contributed by atoms with Crippen LogP contribution in [0.1, 0.15) is 50.8 Å². The Hall–Kier alpha value is -1.40. The number of hydrogen-bond acceptors (Lipinski definition) is 6. The molecule has 0 aliphatic carbocycles. The number of nitrogens with zero attached hydrogens (tertiary/aromatic N) is 3. The molecule has 5 nitrogen and oxygen atoms in total. The van der Waals surface area contributed by atoms with E-state index in [0.29, 0.717) is 24.1 Å². The summed E-state index contributed by atoms with van der Waals surface area (Å²) in [6, 6.07) is 3.95. The minimum absolute atomic E-state index is 0.306. The van der Waals surface area contributed by atoms with Gasteiger partial charge >= 0.3 is 0 Å². The van der Waals surface area contributed by atoms with Gasteiger partial charge in [0.05, 0.1) is 6.26 Å². The van der Waals surface area contributed by atoms with Crippen LogP contribution in [0.15, 0.2) is 22.8 Å². The molecule has 0 radical (unpaired) electrons. The second-order valence-electron chi connectivity index (χ2n) is 6.35. The SMILES string of the molecule is CC(C)Cc1nsc(N2CCC[C@@H]2C[C@H](O)c2ccco2)n1. The first-order valence-electron chi connectivity index (χ1n) is 7.94. The van der Waals surface area contributed by atoms with E-state index in [0.717, 1.165) is 36.8 Å². The lowest BCUT2D eigenvalue weighted by Gasteiger charge is -2.25. The maximum absolute atomic E-state index is 10.3. The summed E-state index contributed by atoms with van der Waals surface area (Å²) in [6.07, 6.45) is 4.86. The van der Waals surface area contributed by atoms with Crippen molar-refractivity contribution in [1.29, 1.82) is 0 Å². The number of rotatable bonds is 6. The topological polar surface area (TPSA) is 62.4 Å². The summed E-state index contributed by atoms with van der Waals surface area (Å²) in [5.41, 5.74) is 0. The molecule has 1 aliphatic heterocycles. The Bertz CT molecular complexity index is 582. The summed E-state index contributed by atoms with van der Waals surface area (Å²) < 4.78 is 9.77. The van der Waals surface area contributed by atoms with Gasteiger partial charge in [0, 0.05) is 37.0 Å². The molecule has 0 aromatic carbocycles. The molecule has 0 saturated carbocycles. The molecule has 0 unspecified atom stereocenters. The molecule has 1 N–H and O–H groups in total. The second-order valence-corrected chi connectivity index (χ2v) is 7.08. The zero-order chi connectivity index (χ0) is 15.5. The quantitative estimate of drug-likeness (QED) is 0.883. The summed E-state index contributed by atoms with van der Waals surface area (Å²) in [6.45, 7) is 5.35. The largest absolute Gasteiger partial charge is 0.467 e. The van der Waals surface area contributed by atoms with Gasteiger partial charge in [-0.2, -0.15) is 4.37 Å². The third kappa shape index (κ3) is 3.50. The van der Waals surface area contributed by atoms with Gasteiger partial charge in [0.2, 0.25) is 5.13 Å². The van der Waals surface area contributed by atoms with Crippen molar-refractivity contribution in [3.63, 3.8) is 0 Å². The maximum atomic E-state index is 10.3. The monoisotopic (exact) mass is 321 g/mol. The number of aliphatic hydroxyl groups is 1. The lowest BCUT2D eigenvalue weighted by Crippen LogP contribution is -2.30. The van der Waals surface area contributed by atoms with Gasteiger partial charge in [0.1, 0.15) is 17.7 Å². The molecule has 1 aliphatic rings. The van der Waals surface area contributed by atoms with Gasteiger partial charge in [0.15, 0.2) is 0 Å². The third-order valence-electron chi connectivity index (χ3n) is 4.04. The van der Waals surface area contributed by atoms with Gasteiger partial charge in [0.25, 0.3) is 0 Å². The van der Waals surface area contributed by atoms with E-state index in [2.05, 4.69) is 28.1 Å². The molecule has 6 heteroatoms. The number of aromatic nitrogens is 2. The van der Waals surface area contributed by atoms with Gasteiger partial charge in [-0.25, -0.2) is 4.98 Å². The minimum atomic E-state index is -0.552. The zero-order valence-electron chi connectivity index (χ0n) is 13.1. The third-order valence-corrected chi connectivity index (χ3v) is 4.83. The first-order chi connectivity index (χ1) is 10.6. The Balaban J connectivity index is 1.66. The van der Waals surface area contributed by atoms with Crippen LogP contribution in [-0.4, -0.2) is 27.1 Å². The first kappa shape index (κ1) is 15.5. The van der Waals surface area contributed by atoms with E-state index in [1.165, 1.54) is 11.5 Å². The fourth-order valence-corrected chi connectivity index (χ4v) is 3.79. The molecule has 1 saturated heterocycles. The smallest absolute Gasteiger partial charge is 0.205 e. The Labute approximate surface area is 135 Å². The fourth-order valence-electron chi connectivity index (χ4n) is 3.00. The lowest BCUT2D eigenvalue weighted by atomic mass is 10.1. The summed E-state index contributed by atoms with van der Waals surface area (Å²) in [5.74, 6) is 2.15. The molecule has 120 valence electrons. The number of hydrogen-bond donors (Lipinski definition) is 1. The van der Waals surface area contributed by atoms with E-state index in [-0.39, 0.29) is 0 Å². The lowest BCUT2D eigenvalue weighted by molar-refractivity contribution is 0.132. The molecule has 3 rings (SSSR count). The fraction of sp³-hybridized carbons (Fsp3) is 0.625. The van der Waals surface area contributed by atoms with E-state index in [9.17, 15) is 5.11 Å². The van der Waals surface area contributed by atoms with Crippen molar-refractivity contribution < 1.29 is 9.52 Å². The zero-order valence-corrected chi connectivity index (χ0v) is 13.9. The summed E-state index contributed by atoms with van der Waals surface area (Å²) >= 11 is 1.48. The molecule has 0 amide bonds. The molecule has 2 atom stereocenters. The molecule has 3 heterocycles. The minimum Gasteiger partial charge on any atom is -0.467 e. The van der Waals surface area contributed by atoms with Crippen LogP contribution in [0.25, 0.3) is 0 Å². The molecule has 0 bridgehead atoms.